The summed E-state index contributed by atoms with van der Waals surface area (Å²) in [5.74, 6) is 1.10. The minimum atomic E-state index is -0.793. The number of carbonyl (C=O) groups is 1. The zero-order valence-corrected chi connectivity index (χ0v) is 28.0. The number of hydrazone groups is 1. The molecule has 0 radical (unpaired) electrons. The van der Waals surface area contributed by atoms with Crippen molar-refractivity contribution in [3.63, 3.8) is 0 Å². The second kappa shape index (κ2) is 13.9. The first-order chi connectivity index (χ1) is 22.7. The van der Waals surface area contributed by atoms with Crippen molar-refractivity contribution >= 4 is 17.4 Å². The van der Waals surface area contributed by atoms with Crippen molar-refractivity contribution < 1.29 is 14.6 Å². The number of ether oxygens (including phenoxy) is 1. The first-order valence-electron chi connectivity index (χ1n) is 17.1. The van der Waals surface area contributed by atoms with E-state index in [9.17, 15) is 14.7 Å². The molecule has 4 aromatic rings. The molecule has 1 aliphatic carbocycles. The van der Waals surface area contributed by atoms with E-state index in [0.717, 1.165) is 65.6 Å². The van der Waals surface area contributed by atoms with Gasteiger partial charge in [-0.05, 0) is 74.6 Å². The summed E-state index contributed by atoms with van der Waals surface area (Å²) in [5, 5.41) is 19.9. The molecule has 10 heteroatoms. The molecule has 2 aromatic carbocycles. The second-order valence-corrected chi connectivity index (χ2v) is 13.1. The number of benzene rings is 2. The molecular formula is C37H46N6O4. The lowest BCUT2D eigenvalue weighted by Gasteiger charge is -2.33. The number of aliphatic hydroxyl groups is 1. The van der Waals surface area contributed by atoms with Crippen LogP contribution in [0.2, 0.25) is 0 Å². The van der Waals surface area contributed by atoms with E-state index in [-0.39, 0.29) is 30.0 Å². The van der Waals surface area contributed by atoms with Crippen molar-refractivity contribution in [2.24, 2.45) is 5.10 Å². The number of nitrogens with zero attached hydrogens (tertiary/aromatic N) is 5. The van der Waals surface area contributed by atoms with Gasteiger partial charge in [0.15, 0.2) is 0 Å². The number of hydrogen-bond donors (Lipinski definition) is 2. The topological polar surface area (TPSA) is 123 Å². The Kier molecular flexibility index (Phi) is 9.70. The third kappa shape index (κ3) is 6.80. The lowest BCUT2D eigenvalue weighted by molar-refractivity contribution is -0.119. The highest BCUT2D eigenvalue weighted by Gasteiger charge is 2.31. The van der Waals surface area contributed by atoms with E-state index in [1.54, 1.807) is 0 Å². The second-order valence-electron chi connectivity index (χ2n) is 13.1. The van der Waals surface area contributed by atoms with E-state index >= 15 is 0 Å². The van der Waals surface area contributed by atoms with Gasteiger partial charge in [-0.15, -0.1) is 0 Å². The summed E-state index contributed by atoms with van der Waals surface area (Å²) < 4.78 is 9.96. The van der Waals surface area contributed by atoms with Crippen molar-refractivity contribution in [3.05, 3.63) is 87.1 Å². The number of nitrogens with one attached hydrogen (secondary N) is 1. The fourth-order valence-electron chi connectivity index (χ4n) is 6.96. The van der Waals surface area contributed by atoms with Gasteiger partial charge in [0, 0.05) is 23.6 Å². The molecule has 0 unspecified atom stereocenters. The van der Waals surface area contributed by atoms with Crippen LogP contribution in [0.15, 0.2) is 58.4 Å². The molecule has 0 atom stereocenters. The van der Waals surface area contributed by atoms with E-state index in [2.05, 4.69) is 47.8 Å². The van der Waals surface area contributed by atoms with Gasteiger partial charge in [-0.25, -0.2) is 9.94 Å². The zero-order valence-electron chi connectivity index (χ0n) is 28.0. The molecule has 1 fully saturated rings. The van der Waals surface area contributed by atoms with Gasteiger partial charge in [-0.1, -0.05) is 69.7 Å². The Balaban J connectivity index is 1.36. The maximum absolute atomic E-state index is 14.6. The molecule has 6 rings (SSSR count). The van der Waals surface area contributed by atoms with Crippen molar-refractivity contribution in [2.75, 3.05) is 6.61 Å². The molecule has 1 amide bonds. The van der Waals surface area contributed by atoms with Gasteiger partial charge >= 0.3 is 0 Å². The fourth-order valence-corrected chi connectivity index (χ4v) is 6.96. The molecule has 0 bridgehead atoms. The molecule has 10 nitrogen and oxygen atoms in total. The van der Waals surface area contributed by atoms with E-state index in [1.807, 2.05) is 48.1 Å². The average Bonchev–Trinajstić information content (AvgIpc) is 3.71. The Morgan fingerprint density at radius 3 is 2.40 bits per heavy atom. The normalized spacial score (nSPS) is 18.5. The van der Waals surface area contributed by atoms with Gasteiger partial charge in [-0.3, -0.25) is 14.2 Å². The Labute approximate surface area is 275 Å². The molecule has 2 aromatic heterocycles. The van der Waals surface area contributed by atoms with Crippen LogP contribution in [0.1, 0.15) is 106 Å². The summed E-state index contributed by atoms with van der Waals surface area (Å²) in [7, 11) is 0. The quantitative estimate of drug-likeness (QED) is 0.206. The number of amides is 1. The lowest BCUT2D eigenvalue weighted by atomic mass is 9.91. The molecule has 47 heavy (non-hydrogen) atoms. The van der Waals surface area contributed by atoms with Crippen LogP contribution in [0.3, 0.4) is 0 Å². The summed E-state index contributed by atoms with van der Waals surface area (Å²) in [4.78, 5) is 31.5. The van der Waals surface area contributed by atoms with Crippen molar-refractivity contribution in [1.29, 1.82) is 0 Å². The van der Waals surface area contributed by atoms with E-state index in [4.69, 9.17) is 14.8 Å². The molecule has 1 saturated carbocycles. The number of hydrogen-bond acceptors (Lipinski definition) is 7. The van der Waals surface area contributed by atoms with Gasteiger partial charge in [-0.2, -0.15) is 15.2 Å². The van der Waals surface area contributed by atoms with Crippen molar-refractivity contribution in [3.8, 4) is 11.1 Å². The number of carbonyl (C=O) groups excluding carboxylic acids is 1. The van der Waals surface area contributed by atoms with E-state index in [1.165, 1.54) is 0 Å². The van der Waals surface area contributed by atoms with Crippen LogP contribution in [-0.4, -0.2) is 54.2 Å². The maximum atomic E-state index is 14.6. The molecule has 2 aliphatic rings. The summed E-state index contributed by atoms with van der Waals surface area (Å²) >= 11 is 0. The largest absolute Gasteiger partial charge is 0.388 e. The number of fused-ring (bicyclic) bond motifs is 1. The Morgan fingerprint density at radius 2 is 1.74 bits per heavy atom. The zero-order chi connectivity index (χ0) is 33.1. The molecule has 248 valence electrons. The highest BCUT2D eigenvalue weighted by atomic mass is 16.5. The standard InChI is InChI=1S/C37H46N6O4/c1-5-11-33-31(21-25-14-19-29(26-12-9-8-10-13-26)30(20-25)32-22-34(44)40-39-32)35(45)42(36-38-24(4)41-43(33)36)27-15-17-28(18-16-27)47-23-37(46,6-2)7-3/h8-10,12-14,19-20,27-28,46H,5-7,11,15-18,21-23H2,1-4H3,(H,40,44). The minimum Gasteiger partial charge on any atom is -0.388 e. The third-order valence-corrected chi connectivity index (χ3v) is 9.90. The van der Waals surface area contributed by atoms with Gasteiger partial charge in [0.2, 0.25) is 11.7 Å². The summed E-state index contributed by atoms with van der Waals surface area (Å²) in [6.07, 6.45) is 6.75. The SMILES string of the molecule is CCCc1c(Cc2ccc(-c3ccccc3)c(C3=NNC(=O)C3)c2)c(=O)n(C2CCC(OCC(O)(CC)CC)CC2)c2nc(C)nn12. The van der Waals surface area contributed by atoms with Crippen molar-refractivity contribution in [2.45, 2.75) is 110 Å². The van der Waals surface area contributed by atoms with Crippen LogP contribution in [0.5, 0.6) is 0 Å². The van der Waals surface area contributed by atoms with Crippen LogP contribution in [-0.2, 0) is 22.4 Å². The number of rotatable bonds is 12. The first kappa shape index (κ1) is 32.8. The first-order valence-corrected chi connectivity index (χ1v) is 17.1. The molecule has 3 heterocycles. The lowest BCUT2D eigenvalue weighted by Crippen LogP contribution is -2.37. The van der Waals surface area contributed by atoms with Crippen molar-refractivity contribution in [1.82, 2.24) is 24.6 Å². The Morgan fingerprint density at radius 1 is 1.00 bits per heavy atom. The predicted molar refractivity (Wildman–Crippen MR) is 183 cm³/mol. The monoisotopic (exact) mass is 638 g/mol. The van der Waals surface area contributed by atoms with Gasteiger partial charge in [0.25, 0.3) is 5.56 Å². The van der Waals surface area contributed by atoms with Crippen LogP contribution >= 0.6 is 0 Å². The molecule has 0 spiro atoms. The third-order valence-electron chi connectivity index (χ3n) is 9.90. The molecule has 0 saturated heterocycles. The molecule has 1 aliphatic heterocycles. The molecule has 2 N–H and O–H groups in total. The Hall–Kier alpha value is -4.15. The van der Waals surface area contributed by atoms with Gasteiger partial charge < -0.3 is 9.84 Å². The predicted octanol–water partition coefficient (Wildman–Crippen LogP) is 5.69. The maximum Gasteiger partial charge on any atom is 0.259 e. The summed E-state index contributed by atoms with van der Waals surface area (Å²) in [6, 6.07) is 16.3. The fraction of sp³-hybridized carbons (Fsp3) is 0.486. The summed E-state index contributed by atoms with van der Waals surface area (Å²) in [5.41, 5.74) is 7.98. The highest BCUT2D eigenvalue weighted by molar-refractivity contribution is 6.16. The van der Waals surface area contributed by atoms with Crippen LogP contribution in [0.25, 0.3) is 16.9 Å². The van der Waals surface area contributed by atoms with Gasteiger partial charge in [0.1, 0.15) is 5.82 Å². The molecular weight excluding hydrogens is 592 g/mol. The van der Waals surface area contributed by atoms with Crippen LogP contribution in [0, 0.1) is 6.92 Å². The van der Waals surface area contributed by atoms with Crippen LogP contribution < -0.4 is 11.0 Å². The van der Waals surface area contributed by atoms with E-state index in [0.29, 0.717) is 49.6 Å². The van der Waals surface area contributed by atoms with E-state index < -0.39 is 5.60 Å². The summed E-state index contributed by atoms with van der Waals surface area (Å²) in [6.45, 7) is 8.29. The smallest absolute Gasteiger partial charge is 0.259 e. The highest BCUT2D eigenvalue weighted by Crippen LogP contribution is 2.33. The number of aryl methyl sites for hydroxylation is 2. The average molecular weight is 639 g/mol. The van der Waals surface area contributed by atoms with Gasteiger partial charge in [0.05, 0.1) is 36.1 Å². The van der Waals surface area contributed by atoms with Crippen LogP contribution in [0.4, 0.5) is 0 Å². The minimum absolute atomic E-state index is 0.0206. The Bertz CT molecular complexity index is 1830. The number of aromatic nitrogens is 4.